The molecule has 0 spiro atoms. The van der Waals surface area contributed by atoms with E-state index in [1.165, 1.54) is 6.92 Å². The fourth-order valence-electron chi connectivity index (χ4n) is 4.64. The molecule has 1 aliphatic carbocycles. The predicted molar refractivity (Wildman–Crippen MR) is 110 cm³/mol. The summed E-state index contributed by atoms with van der Waals surface area (Å²) in [4.78, 5) is 39.6. The highest BCUT2D eigenvalue weighted by molar-refractivity contribution is 6.10. The van der Waals surface area contributed by atoms with Gasteiger partial charge in [-0.15, -0.1) is 0 Å². The number of methoxy groups -OCH3 is 1. The number of carbonyl (C=O) groups excluding carboxylic acids is 3. The number of nitrogens with zero attached hydrogens (tertiary/aromatic N) is 1. The molecule has 1 heterocycles. The Hall–Kier alpha value is -2.84. The van der Waals surface area contributed by atoms with Crippen LogP contribution < -0.4 is 5.32 Å². The molecule has 1 saturated carbocycles. The summed E-state index contributed by atoms with van der Waals surface area (Å²) in [6.45, 7) is 1.31. The quantitative estimate of drug-likeness (QED) is 0.669. The summed E-state index contributed by atoms with van der Waals surface area (Å²) in [5, 5.41) is 1.90. The zero-order valence-electron chi connectivity index (χ0n) is 18.1. The van der Waals surface area contributed by atoms with Crippen molar-refractivity contribution in [1.82, 2.24) is 10.2 Å². The van der Waals surface area contributed by atoms with E-state index in [1.807, 2.05) is 5.32 Å². The lowest BCUT2D eigenvalue weighted by Gasteiger charge is -2.36. The Morgan fingerprint density at radius 2 is 1.78 bits per heavy atom. The van der Waals surface area contributed by atoms with Gasteiger partial charge in [-0.1, -0.05) is 49.6 Å². The fourth-order valence-corrected chi connectivity index (χ4v) is 4.64. The summed E-state index contributed by atoms with van der Waals surface area (Å²) in [7, 11) is 0.953. The molecule has 2 aliphatic rings. The Morgan fingerprint density at radius 1 is 1.16 bits per heavy atom. The second kappa shape index (κ2) is 9.34. The number of carbonyl (C=O) groups is 3. The number of hydrogen-bond donors (Lipinski definition) is 1. The highest BCUT2D eigenvalue weighted by Crippen LogP contribution is 2.47. The molecule has 0 radical (unpaired) electrons. The molecule has 0 saturated heterocycles. The van der Waals surface area contributed by atoms with Crippen molar-refractivity contribution in [2.24, 2.45) is 0 Å². The third kappa shape index (κ3) is 4.25. The minimum atomic E-state index is -5.24. The van der Waals surface area contributed by atoms with Gasteiger partial charge in [0.15, 0.2) is 0 Å². The molecule has 1 aromatic rings. The van der Waals surface area contributed by atoms with Gasteiger partial charge in [0.1, 0.15) is 5.57 Å². The SMILES string of the molecule is COC(=O)C1=C(C)N(C2CCCCC2)C(=O)[C@]1(NC(=O)CCc1ccccc1)C(F)(F)F. The van der Waals surface area contributed by atoms with Crippen molar-refractivity contribution in [3.8, 4) is 0 Å². The van der Waals surface area contributed by atoms with Crippen molar-refractivity contribution in [3.63, 3.8) is 0 Å². The summed E-state index contributed by atoms with van der Waals surface area (Å²) < 4.78 is 48.3. The number of alkyl halides is 3. The average Bonchev–Trinajstić information content (AvgIpc) is 3.00. The molecule has 32 heavy (non-hydrogen) atoms. The molecule has 0 aromatic heterocycles. The van der Waals surface area contributed by atoms with E-state index in [0.29, 0.717) is 12.8 Å². The second-order valence-corrected chi connectivity index (χ2v) is 8.20. The minimum Gasteiger partial charge on any atom is -0.466 e. The number of amides is 2. The molecule has 174 valence electrons. The molecule has 1 N–H and O–H groups in total. The third-order valence-electron chi connectivity index (χ3n) is 6.20. The molecule has 0 unspecified atom stereocenters. The summed E-state index contributed by atoms with van der Waals surface area (Å²) >= 11 is 0. The first-order valence-electron chi connectivity index (χ1n) is 10.7. The van der Waals surface area contributed by atoms with Gasteiger partial charge in [0.25, 0.3) is 5.91 Å². The van der Waals surface area contributed by atoms with Crippen molar-refractivity contribution in [2.75, 3.05) is 7.11 Å². The van der Waals surface area contributed by atoms with Crippen LogP contribution in [0.25, 0.3) is 0 Å². The van der Waals surface area contributed by atoms with E-state index in [1.54, 1.807) is 30.3 Å². The van der Waals surface area contributed by atoms with Crippen molar-refractivity contribution < 1.29 is 32.3 Å². The van der Waals surface area contributed by atoms with E-state index in [4.69, 9.17) is 0 Å². The van der Waals surface area contributed by atoms with Crippen molar-refractivity contribution >= 4 is 17.8 Å². The van der Waals surface area contributed by atoms with Crippen LogP contribution in [0.4, 0.5) is 13.2 Å². The lowest BCUT2D eigenvalue weighted by Crippen LogP contribution is -2.66. The van der Waals surface area contributed by atoms with Crippen LogP contribution in [-0.2, 0) is 25.5 Å². The van der Waals surface area contributed by atoms with Crippen molar-refractivity contribution in [3.05, 3.63) is 47.2 Å². The molecule has 1 fully saturated rings. The van der Waals surface area contributed by atoms with E-state index in [2.05, 4.69) is 4.74 Å². The molecule has 3 rings (SSSR count). The maximum atomic E-state index is 14.5. The molecule has 1 aliphatic heterocycles. The molecule has 0 bridgehead atoms. The Morgan fingerprint density at radius 3 is 2.34 bits per heavy atom. The number of rotatable bonds is 6. The number of aryl methyl sites for hydroxylation is 1. The molecular formula is C23H27F3N2O4. The number of ether oxygens (including phenoxy) is 1. The Balaban J connectivity index is 1.98. The van der Waals surface area contributed by atoms with E-state index in [9.17, 15) is 27.6 Å². The average molecular weight is 452 g/mol. The van der Waals surface area contributed by atoms with Crippen LogP contribution in [0, 0.1) is 0 Å². The predicted octanol–water partition coefficient (Wildman–Crippen LogP) is 3.66. The zero-order valence-corrected chi connectivity index (χ0v) is 18.1. The van der Waals surface area contributed by atoms with Gasteiger partial charge in [0.05, 0.1) is 7.11 Å². The Kier molecular flexibility index (Phi) is 6.95. The maximum Gasteiger partial charge on any atom is 0.425 e. The summed E-state index contributed by atoms with van der Waals surface area (Å²) in [5.41, 5.74) is -3.68. The normalized spacial score (nSPS) is 22.3. The number of nitrogens with one attached hydrogen (secondary N) is 1. The number of halogens is 3. The monoisotopic (exact) mass is 452 g/mol. The van der Waals surface area contributed by atoms with Crippen LogP contribution in [0.3, 0.4) is 0 Å². The third-order valence-corrected chi connectivity index (χ3v) is 6.20. The number of benzene rings is 1. The first-order valence-corrected chi connectivity index (χ1v) is 10.7. The molecule has 6 nitrogen and oxygen atoms in total. The van der Waals surface area contributed by atoms with Crippen molar-refractivity contribution in [1.29, 1.82) is 0 Å². The van der Waals surface area contributed by atoms with Gasteiger partial charge < -0.3 is 15.0 Å². The minimum absolute atomic E-state index is 0.116. The van der Waals surface area contributed by atoms with Gasteiger partial charge >= 0.3 is 12.1 Å². The summed E-state index contributed by atoms with van der Waals surface area (Å²) in [6.07, 6.45) is -1.76. The summed E-state index contributed by atoms with van der Waals surface area (Å²) in [5.74, 6) is -3.60. The Labute approximate surface area is 184 Å². The number of esters is 1. The van der Waals surface area contributed by atoms with Gasteiger partial charge in [0, 0.05) is 18.2 Å². The standard InChI is InChI=1S/C23H27F3N2O4/c1-15-19(20(30)32-2)22(23(24,25)26,21(31)28(15)17-11-7-4-8-12-17)27-18(29)14-13-16-9-5-3-6-10-16/h3,5-6,9-10,17H,4,7-8,11-14H2,1-2H3,(H,27,29)/t22-/m0/s1. The molecule has 2 amide bonds. The van der Waals surface area contributed by atoms with Crippen molar-refractivity contribution in [2.45, 2.75) is 69.6 Å². The fraction of sp³-hybridized carbons (Fsp3) is 0.522. The van der Waals surface area contributed by atoms with E-state index in [0.717, 1.165) is 36.8 Å². The molecular weight excluding hydrogens is 425 g/mol. The number of allylic oxidation sites excluding steroid dienone is 1. The van der Waals surface area contributed by atoms with Gasteiger partial charge in [0.2, 0.25) is 11.4 Å². The molecule has 1 aromatic carbocycles. The van der Waals surface area contributed by atoms with Crippen LogP contribution in [-0.4, -0.2) is 47.6 Å². The van der Waals surface area contributed by atoms with Gasteiger partial charge in [-0.3, -0.25) is 9.59 Å². The smallest absolute Gasteiger partial charge is 0.425 e. The van der Waals surface area contributed by atoms with E-state index >= 15 is 0 Å². The van der Waals surface area contributed by atoms with E-state index < -0.39 is 41.1 Å². The highest BCUT2D eigenvalue weighted by Gasteiger charge is 2.71. The molecule has 1 atom stereocenters. The van der Waals surface area contributed by atoms with Crippen LogP contribution in [0.2, 0.25) is 0 Å². The second-order valence-electron chi connectivity index (χ2n) is 8.20. The van der Waals surface area contributed by atoms with Gasteiger partial charge in [-0.05, 0) is 31.7 Å². The van der Waals surface area contributed by atoms with E-state index in [-0.39, 0.29) is 18.5 Å². The topological polar surface area (TPSA) is 75.7 Å². The van der Waals surface area contributed by atoms with Gasteiger partial charge in [-0.2, -0.15) is 13.2 Å². The van der Waals surface area contributed by atoms with Gasteiger partial charge in [-0.25, -0.2) is 4.79 Å². The Bertz CT molecular complexity index is 908. The van der Waals surface area contributed by atoms with Crippen LogP contribution in [0.1, 0.15) is 51.0 Å². The highest BCUT2D eigenvalue weighted by atomic mass is 19.4. The number of hydrogen-bond acceptors (Lipinski definition) is 4. The summed E-state index contributed by atoms with van der Waals surface area (Å²) in [6, 6.07) is 8.35. The van der Waals surface area contributed by atoms with Crippen LogP contribution in [0.15, 0.2) is 41.6 Å². The molecule has 9 heteroatoms. The van der Waals surface area contributed by atoms with Crippen LogP contribution >= 0.6 is 0 Å². The zero-order chi connectivity index (χ0) is 23.5. The lowest BCUT2D eigenvalue weighted by molar-refractivity contribution is -0.196. The first-order chi connectivity index (χ1) is 15.1. The van der Waals surface area contributed by atoms with Crippen LogP contribution in [0.5, 0.6) is 0 Å². The maximum absolute atomic E-state index is 14.5. The lowest BCUT2D eigenvalue weighted by atomic mass is 9.88. The largest absolute Gasteiger partial charge is 0.466 e. The first kappa shape index (κ1) is 23.8.